The quantitative estimate of drug-likeness (QED) is 0.529. The molecule has 0 aromatic rings. The summed E-state index contributed by atoms with van der Waals surface area (Å²) in [5.41, 5.74) is 0. The molecule has 0 saturated heterocycles. The van der Waals surface area contributed by atoms with Crippen molar-refractivity contribution in [2.75, 3.05) is 6.61 Å². The van der Waals surface area contributed by atoms with Crippen molar-refractivity contribution in [1.82, 2.24) is 0 Å². The summed E-state index contributed by atoms with van der Waals surface area (Å²) in [5, 5.41) is 8.20. The minimum absolute atomic E-state index is 0.269. The number of aliphatic hydroxyl groups excluding tert-OH is 1. The molecule has 0 aromatic carbocycles. The molecule has 1 atom stereocenters. The van der Waals surface area contributed by atoms with Crippen molar-refractivity contribution in [3.63, 3.8) is 0 Å². The van der Waals surface area contributed by atoms with Crippen molar-refractivity contribution in [2.45, 2.75) is 13.3 Å². The summed E-state index contributed by atoms with van der Waals surface area (Å²) in [6.45, 7) is 5.92. The second-order valence-electron chi connectivity index (χ2n) is 1.62. The molecule has 0 heterocycles. The van der Waals surface area contributed by atoms with E-state index in [0.717, 1.165) is 6.42 Å². The van der Waals surface area contributed by atoms with Crippen molar-refractivity contribution >= 4 is 0 Å². The molecular weight excluding hydrogens is 76.1 g/mol. The first-order valence-corrected chi connectivity index (χ1v) is 2.21. The van der Waals surface area contributed by atoms with Crippen LogP contribution in [0.3, 0.4) is 0 Å². The second-order valence-corrected chi connectivity index (χ2v) is 1.62. The fourth-order valence-corrected chi connectivity index (χ4v) is 0.220. The lowest BCUT2D eigenvalue weighted by Gasteiger charge is -1.95. The van der Waals surface area contributed by atoms with Crippen molar-refractivity contribution < 1.29 is 5.11 Å². The molecule has 37 valence electrons. The molecule has 1 nitrogen and oxygen atoms in total. The molecule has 0 aliphatic heterocycles. The van der Waals surface area contributed by atoms with Crippen LogP contribution < -0.4 is 0 Å². The van der Waals surface area contributed by atoms with E-state index in [1.54, 1.807) is 0 Å². The van der Waals surface area contributed by atoms with E-state index in [4.69, 9.17) is 5.11 Å². The highest BCUT2D eigenvalue weighted by atomic mass is 16.2. The summed E-state index contributed by atoms with van der Waals surface area (Å²) in [4.78, 5) is 0. The summed E-state index contributed by atoms with van der Waals surface area (Å²) in [6.07, 6.45) is 0.819. The van der Waals surface area contributed by atoms with Gasteiger partial charge in [0.1, 0.15) is 0 Å². The van der Waals surface area contributed by atoms with Crippen LogP contribution >= 0.6 is 0 Å². The van der Waals surface area contributed by atoms with E-state index in [0.29, 0.717) is 5.92 Å². The lowest BCUT2D eigenvalue weighted by atomic mass is 10.2. The van der Waals surface area contributed by atoms with Gasteiger partial charge < -0.3 is 5.11 Å². The molecule has 0 saturated carbocycles. The monoisotopic (exact) mass is 87.1 g/mol. The van der Waals surface area contributed by atoms with Gasteiger partial charge in [0, 0.05) is 6.61 Å². The van der Waals surface area contributed by atoms with Gasteiger partial charge in [0.2, 0.25) is 0 Å². The Morgan fingerprint density at radius 2 is 2.33 bits per heavy atom. The molecule has 1 heteroatoms. The predicted molar refractivity (Wildman–Crippen MR) is 26.2 cm³/mol. The van der Waals surface area contributed by atoms with E-state index in [1.807, 2.05) is 6.92 Å². The Balaban J connectivity index is 2.63. The summed E-state index contributed by atoms with van der Waals surface area (Å²) >= 11 is 0. The molecule has 0 rings (SSSR count). The first-order valence-electron chi connectivity index (χ1n) is 2.21. The van der Waals surface area contributed by atoms with Crippen LogP contribution in [0.25, 0.3) is 0 Å². The third-order valence-corrected chi connectivity index (χ3v) is 0.622. The fourth-order valence-electron chi connectivity index (χ4n) is 0.220. The van der Waals surface area contributed by atoms with E-state index in [1.165, 1.54) is 0 Å². The first-order chi connectivity index (χ1) is 2.77. The maximum Gasteiger partial charge on any atom is 0.0433 e. The van der Waals surface area contributed by atoms with Gasteiger partial charge in [-0.2, -0.15) is 0 Å². The van der Waals surface area contributed by atoms with Gasteiger partial charge >= 0.3 is 0 Å². The van der Waals surface area contributed by atoms with Crippen molar-refractivity contribution in [2.24, 2.45) is 5.92 Å². The largest absolute Gasteiger partial charge is 0.396 e. The molecule has 6 heavy (non-hydrogen) atoms. The maximum absolute atomic E-state index is 8.20. The van der Waals surface area contributed by atoms with Crippen LogP contribution in [0, 0.1) is 12.8 Å². The Kier molecular flexibility index (Phi) is 3.14. The highest BCUT2D eigenvalue weighted by Gasteiger charge is 1.86. The van der Waals surface area contributed by atoms with Crippen LogP contribution in [0.5, 0.6) is 0 Å². The average molecular weight is 87.1 g/mol. The SMILES string of the molecule is [CH2][C@@H](C)CCO. The standard InChI is InChI=1S/C5H11O/c1-5(2)3-4-6/h5-6H,1,3-4H2,2H3/t5-/m0/s1. The van der Waals surface area contributed by atoms with Gasteiger partial charge in [-0.3, -0.25) is 0 Å². The van der Waals surface area contributed by atoms with Crippen LogP contribution in [-0.2, 0) is 0 Å². The van der Waals surface area contributed by atoms with Crippen LogP contribution in [0.4, 0.5) is 0 Å². The molecule has 1 N–H and O–H groups in total. The van der Waals surface area contributed by atoms with Crippen molar-refractivity contribution in [1.29, 1.82) is 0 Å². The molecule has 0 amide bonds. The van der Waals surface area contributed by atoms with Crippen molar-refractivity contribution in [3.05, 3.63) is 6.92 Å². The third-order valence-electron chi connectivity index (χ3n) is 0.622. The molecule has 0 unspecified atom stereocenters. The summed E-state index contributed by atoms with van der Waals surface area (Å²) < 4.78 is 0. The number of aliphatic hydroxyl groups is 1. The molecule has 0 fully saturated rings. The first kappa shape index (κ1) is 5.96. The van der Waals surface area contributed by atoms with Crippen molar-refractivity contribution in [3.8, 4) is 0 Å². The normalized spacial score (nSPS) is 10.0. The Labute approximate surface area is 39.0 Å². The average Bonchev–Trinajstić information content (AvgIpc) is 1.35. The lowest BCUT2D eigenvalue weighted by molar-refractivity contribution is 0.273. The van der Waals surface area contributed by atoms with Gasteiger partial charge in [0.25, 0.3) is 0 Å². The highest BCUT2D eigenvalue weighted by molar-refractivity contribution is 4.50. The Morgan fingerprint density at radius 1 is 1.83 bits per heavy atom. The fraction of sp³-hybridized carbons (Fsp3) is 0.800. The van der Waals surface area contributed by atoms with E-state index in [2.05, 4.69) is 6.92 Å². The molecular formula is C5H11O. The zero-order valence-electron chi connectivity index (χ0n) is 4.15. The summed E-state index contributed by atoms with van der Waals surface area (Å²) in [6, 6.07) is 0. The Morgan fingerprint density at radius 3 is 2.33 bits per heavy atom. The van der Waals surface area contributed by atoms with Gasteiger partial charge in [0.05, 0.1) is 0 Å². The Bertz CT molecular complexity index is 25.1. The zero-order valence-corrected chi connectivity index (χ0v) is 4.15. The molecule has 1 radical (unpaired) electrons. The van der Waals surface area contributed by atoms with Crippen LogP contribution in [0.1, 0.15) is 13.3 Å². The smallest absolute Gasteiger partial charge is 0.0433 e. The minimum atomic E-state index is 0.269. The number of rotatable bonds is 2. The van der Waals surface area contributed by atoms with Gasteiger partial charge in [-0.25, -0.2) is 0 Å². The van der Waals surface area contributed by atoms with E-state index in [-0.39, 0.29) is 6.61 Å². The molecule has 0 bridgehead atoms. The lowest BCUT2D eigenvalue weighted by Crippen LogP contribution is -1.90. The minimum Gasteiger partial charge on any atom is -0.396 e. The number of hydrogen-bond donors (Lipinski definition) is 1. The van der Waals surface area contributed by atoms with Crippen LogP contribution in [-0.4, -0.2) is 11.7 Å². The summed E-state index contributed by atoms with van der Waals surface area (Å²) in [5.74, 6) is 0.398. The third kappa shape index (κ3) is 3.96. The topological polar surface area (TPSA) is 20.2 Å². The Hall–Kier alpha value is -0.0400. The molecule has 0 aliphatic rings. The van der Waals surface area contributed by atoms with Gasteiger partial charge in [-0.1, -0.05) is 13.8 Å². The van der Waals surface area contributed by atoms with Gasteiger partial charge in [-0.15, -0.1) is 0 Å². The molecule has 0 spiro atoms. The maximum atomic E-state index is 8.20. The van der Waals surface area contributed by atoms with Crippen LogP contribution in [0.2, 0.25) is 0 Å². The van der Waals surface area contributed by atoms with Gasteiger partial charge in [-0.05, 0) is 12.3 Å². The molecule has 0 aromatic heterocycles. The molecule has 0 aliphatic carbocycles. The van der Waals surface area contributed by atoms with E-state index >= 15 is 0 Å². The van der Waals surface area contributed by atoms with Gasteiger partial charge in [0.15, 0.2) is 0 Å². The van der Waals surface area contributed by atoms with E-state index in [9.17, 15) is 0 Å². The predicted octanol–water partition coefficient (Wildman–Crippen LogP) is 0.839. The number of hydrogen-bond acceptors (Lipinski definition) is 1. The second kappa shape index (κ2) is 3.16. The van der Waals surface area contributed by atoms with Crippen LogP contribution in [0.15, 0.2) is 0 Å². The zero-order chi connectivity index (χ0) is 4.99. The summed E-state index contributed by atoms with van der Waals surface area (Å²) in [7, 11) is 0. The highest BCUT2D eigenvalue weighted by Crippen LogP contribution is 1.94. The van der Waals surface area contributed by atoms with E-state index < -0.39 is 0 Å².